The van der Waals surface area contributed by atoms with Crippen LogP contribution in [0, 0.1) is 0 Å². The zero-order valence-electron chi connectivity index (χ0n) is 12.8. The molecule has 0 radical (unpaired) electrons. The summed E-state index contributed by atoms with van der Waals surface area (Å²) in [7, 11) is 0. The third kappa shape index (κ3) is 3.26. The number of alkyl halides is 3. The quantitative estimate of drug-likeness (QED) is 0.488. The minimum absolute atomic E-state index is 0.0427. The fraction of sp³-hybridized carbons (Fsp3) is 0.118. The summed E-state index contributed by atoms with van der Waals surface area (Å²) < 4.78 is 39.4. The maximum absolute atomic E-state index is 13.0. The minimum Gasteiger partial charge on any atom is -0.508 e. The van der Waals surface area contributed by atoms with Crippen LogP contribution in [0.25, 0.3) is 10.9 Å². The van der Waals surface area contributed by atoms with Gasteiger partial charge in [0.25, 0.3) is 0 Å². The molecule has 0 amide bonds. The van der Waals surface area contributed by atoms with Crippen molar-refractivity contribution in [1.82, 2.24) is 4.98 Å². The number of hydrogen-bond acceptors (Lipinski definition) is 2. The third-order valence-electron chi connectivity index (χ3n) is 3.92. The summed E-state index contributed by atoms with van der Waals surface area (Å²) in [5.41, 5.74) is -0.0724. The molecule has 0 saturated carbocycles. The summed E-state index contributed by atoms with van der Waals surface area (Å²) in [5, 5.41) is 19.4. The molecule has 0 bridgehead atoms. The number of aromatic carboxylic acids is 1. The predicted molar refractivity (Wildman–Crippen MR) is 93.9 cm³/mol. The number of halogens is 5. The Balaban J connectivity index is 2.15. The van der Waals surface area contributed by atoms with E-state index in [2.05, 4.69) is 20.9 Å². The van der Waals surface area contributed by atoms with Crippen molar-refractivity contribution < 1.29 is 28.2 Å². The number of phenolic OH excluding ortho intramolecular Hbond substituents is 1. The zero-order chi connectivity index (χ0) is 19.2. The van der Waals surface area contributed by atoms with Crippen LogP contribution in [0.15, 0.2) is 34.8 Å². The van der Waals surface area contributed by atoms with Gasteiger partial charge in [0.1, 0.15) is 11.4 Å². The molecular formula is C17H10BrClF3NO3. The molecule has 26 heavy (non-hydrogen) atoms. The van der Waals surface area contributed by atoms with E-state index in [1.165, 1.54) is 18.2 Å². The Hall–Kier alpha value is -2.19. The molecule has 4 nitrogen and oxygen atoms in total. The second kappa shape index (κ2) is 6.51. The number of H-pyrrole nitrogens is 1. The van der Waals surface area contributed by atoms with Crippen molar-refractivity contribution in [2.75, 3.05) is 0 Å². The summed E-state index contributed by atoms with van der Waals surface area (Å²) in [6.07, 6.45) is -4.65. The number of aromatic nitrogens is 1. The SMILES string of the molecule is O=C(O)c1[nH]c2ccc(O)c(Cc3ccc(Cl)c(C(F)(F)F)c3)c2c1Br. The van der Waals surface area contributed by atoms with Gasteiger partial charge in [0, 0.05) is 22.9 Å². The molecule has 0 spiro atoms. The Bertz CT molecular complexity index is 1030. The molecule has 0 saturated heterocycles. The summed E-state index contributed by atoms with van der Waals surface area (Å²) in [5.74, 6) is -1.36. The van der Waals surface area contributed by atoms with E-state index >= 15 is 0 Å². The van der Waals surface area contributed by atoms with Gasteiger partial charge in [-0.05, 0) is 45.8 Å². The van der Waals surface area contributed by atoms with Gasteiger partial charge < -0.3 is 15.2 Å². The van der Waals surface area contributed by atoms with Gasteiger partial charge in [-0.2, -0.15) is 13.2 Å². The maximum atomic E-state index is 13.0. The molecule has 0 aliphatic heterocycles. The number of aromatic hydroxyl groups is 1. The topological polar surface area (TPSA) is 73.3 Å². The summed E-state index contributed by atoms with van der Waals surface area (Å²) in [6.45, 7) is 0. The van der Waals surface area contributed by atoms with Crippen LogP contribution in [-0.4, -0.2) is 21.2 Å². The molecule has 0 unspecified atom stereocenters. The van der Waals surface area contributed by atoms with Crippen LogP contribution in [0.3, 0.4) is 0 Å². The van der Waals surface area contributed by atoms with Crippen LogP contribution in [-0.2, 0) is 12.6 Å². The fourth-order valence-corrected chi connectivity index (χ4v) is 3.68. The lowest BCUT2D eigenvalue weighted by atomic mass is 9.99. The fourth-order valence-electron chi connectivity index (χ4n) is 2.74. The third-order valence-corrected chi connectivity index (χ3v) is 5.04. The summed E-state index contributed by atoms with van der Waals surface area (Å²) in [4.78, 5) is 14.0. The first kappa shape index (κ1) is 18.6. The number of rotatable bonds is 3. The first-order chi connectivity index (χ1) is 12.1. The van der Waals surface area contributed by atoms with Crippen molar-refractivity contribution in [1.29, 1.82) is 0 Å². The number of phenols is 1. The maximum Gasteiger partial charge on any atom is 0.417 e. The van der Waals surface area contributed by atoms with Crippen molar-refractivity contribution >= 4 is 44.4 Å². The van der Waals surface area contributed by atoms with Crippen molar-refractivity contribution in [3.05, 3.63) is 62.2 Å². The molecule has 136 valence electrons. The average molecular weight is 449 g/mol. The van der Waals surface area contributed by atoms with E-state index in [9.17, 15) is 28.2 Å². The van der Waals surface area contributed by atoms with Crippen LogP contribution < -0.4 is 0 Å². The Morgan fingerprint density at radius 1 is 1.23 bits per heavy atom. The monoisotopic (exact) mass is 447 g/mol. The van der Waals surface area contributed by atoms with Crippen LogP contribution in [0.2, 0.25) is 5.02 Å². The molecular weight excluding hydrogens is 439 g/mol. The predicted octanol–water partition coefficient (Wildman–Crippen LogP) is 5.60. The molecule has 0 fully saturated rings. The molecule has 0 aliphatic rings. The van der Waals surface area contributed by atoms with Crippen LogP contribution >= 0.6 is 27.5 Å². The second-order valence-electron chi connectivity index (χ2n) is 5.59. The molecule has 9 heteroatoms. The molecule has 3 aromatic rings. The van der Waals surface area contributed by atoms with Gasteiger partial charge in [-0.3, -0.25) is 0 Å². The Morgan fingerprint density at radius 2 is 1.92 bits per heavy atom. The molecule has 2 aromatic carbocycles. The summed E-state index contributed by atoms with van der Waals surface area (Å²) >= 11 is 8.81. The highest BCUT2D eigenvalue weighted by Gasteiger charge is 2.33. The van der Waals surface area contributed by atoms with Gasteiger partial charge in [0.15, 0.2) is 0 Å². The van der Waals surface area contributed by atoms with E-state index in [0.29, 0.717) is 16.5 Å². The number of benzene rings is 2. The standard InChI is InChI=1S/C17H10BrClF3NO3/c18-14-13-8(12(24)4-3-11(13)23-15(14)16(25)26)5-7-1-2-10(19)9(6-7)17(20,21)22/h1-4,6,23-24H,5H2,(H,25,26). The van der Waals surface area contributed by atoms with E-state index in [1.54, 1.807) is 0 Å². The van der Waals surface area contributed by atoms with Gasteiger partial charge in [-0.1, -0.05) is 17.7 Å². The zero-order valence-corrected chi connectivity index (χ0v) is 15.1. The lowest BCUT2D eigenvalue weighted by Gasteiger charge is -2.12. The molecule has 0 atom stereocenters. The van der Waals surface area contributed by atoms with E-state index in [4.69, 9.17) is 11.6 Å². The van der Waals surface area contributed by atoms with Crippen LogP contribution in [0.5, 0.6) is 5.75 Å². The highest BCUT2D eigenvalue weighted by Crippen LogP contribution is 2.39. The molecule has 3 rings (SSSR count). The van der Waals surface area contributed by atoms with Gasteiger partial charge in [0.2, 0.25) is 0 Å². The Morgan fingerprint density at radius 3 is 2.54 bits per heavy atom. The van der Waals surface area contributed by atoms with Crippen LogP contribution in [0.1, 0.15) is 27.2 Å². The number of carboxylic acids is 1. The Labute approximate surface area is 158 Å². The lowest BCUT2D eigenvalue weighted by molar-refractivity contribution is -0.137. The van der Waals surface area contributed by atoms with E-state index in [-0.39, 0.29) is 27.9 Å². The minimum atomic E-state index is -4.60. The van der Waals surface area contributed by atoms with Gasteiger partial charge in [-0.15, -0.1) is 0 Å². The Kier molecular flexibility index (Phi) is 4.66. The number of nitrogens with one attached hydrogen (secondary N) is 1. The van der Waals surface area contributed by atoms with Gasteiger partial charge in [0.05, 0.1) is 15.1 Å². The number of carboxylic acid groups (broad SMARTS) is 1. The molecule has 0 aliphatic carbocycles. The number of fused-ring (bicyclic) bond motifs is 1. The smallest absolute Gasteiger partial charge is 0.417 e. The molecule has 1 aromatic heterocycles. The van der Waals surface area contributed by atoms with Crippen molar-refractivity contribution in [3.8, 4) is 5.75 Å². The lowest BCUT2D eigenvalue weighted by Crippen LogP contribution is -2.06. The molecule has 3 N–H and O–H groups in total. The first-order valence-corrected chi connectivity index (χ1v) is 8.37. The largest absolute Gasteiger partial charge is 0.508 e. The van der Waals surface area contributed by atoms with Gasteiger partial charge >= 0.3 is 12.1 Å². The molecule has 1 heterocycles. The van der Waals surface area contributed by atoms with E-state index in [0.717, 1.165) is 12.1 Å². The number of carbonyl (C=O) groups is 1. The van der Waals surface area contributed by atoms with Gasteiger partial charge in [-0.25, -0.2) is 4.79 Å². The summed E-state index contributed by atoms with van der Waals surface area (Å²) in [6, 6.07) is 6.33. The highest BCUT2D eigenvalue weighted by atomic mass is 79.9. The van der Waals surface area contributed by atoms with E-state index < -0.39 is 22.7 Å². The van der Waals surface area contributed by atoms with Crippen molar-refractivity contribution in [3.63, 3.8) is 0 Å². The number of hydrogen-bond donors (Lipinski definition) is 3. The second-order valence-corrected chi connectivity index (χ2v) is 6.79. The number of aromatic amines is 1. The highest BCUT2D eigenvalue weighted by molar-refractivity contribution is 9.10. The normalized spacial score (nSPS) is 11.9. The van der Waals surface area contributed by atoms with Crippen LogP contribution in [0.4, 0.5) is 13.2 Å². The van der Waals surface area contributed by atoms with Crippen molar-refractivity contribution in [2.24, 2.45) is 0 Å². The first-order valence-electron chi connectivity index (χ1n) is 7.20. The van der Waals surface area contributed by atoms with E-state index in [1.807, 2.05) is 0 Å². The van der Waals surface area contributed by atoms with Crippen molar-refractivity contribution in [2.45, 2.75) is 12.6 Å². The average Bonchev–Trinajstić information content (AvgIpc) is 2.88.